The van der Waals surface area contributed by atoms with E-state index in [1.807, 2.05) is 6.26 Å². The lowest BCUT2D eigenvalue weighted by atomic mass is 11.1. The van der Waals surface area contributed by atoms with Crippen LogP contribution in [0.15, 0.2) is 8.42 Å². The Morgan fingerprint density at radius 1 is 1.56 bits per heavy atom. The Hall–Kier alpha value is 0.840. The van der Waals surface area contributed by atoms with E-state index < -0.39 is 0 Å². The monoisotopic (exact) mass is 211 g/mol. The zero-order chi connectivity index (χ0) is 6.85. The highest BCUT2D eigenvalue weighted by Gasteiger charge is 1.90. The number of thioether (sulfide) groups is 1. The third-order valence-electron chi connectivity index (χ3n) is 0.704. The first-order valence-electron chi connectivity index (χ1n) is 2.09. The van der Waals surface area contributed by atoms with Gasteiger partial charge in [-0.1, -0.05) is 16.4 Å². The molecule has 0 spiro atoms. The first-order chi connectivity index (χ1) is 4.24. The molecule has 0 saturated heterocycles. The summed E-state index contributed by atoms with van der Waals surface area (Å²) in [4.78, 5) is 0. The number of hydrogen-bond acceptors (Lipinski definition) is 5. The van der Waals surface area contributed by atoms with Gasteiger partial charge >= 0.3 is 0 Å². The Morgan fingerprint density at radius 2 is 2.22 bits per heavy atom. The maximum Gasteiger partial charge on any atom is 0.0514 e. The maximum atomic E-state index is 5.01. The lowest BCUT2D eigenvalue weighted by Crippen LogP contribution is -1.58. The van der Waals surface area contributed by atoms with Crippen molar-refractivity contribution in [2.75, 3.05) is 6.26 Å². The van der Waals surface area contributed by atoms with Gasteiger partial charge in [0.1, 0.15) is 0 Å². The molecule has 1 aromatic heterocycles. The topological polar surface area (TPSA) is 0 Å². The smallest absolute Gasteiger partial charge is 0.0514 e. The Morgan fingerprint density at radius 3 is 2.44 bits per heavy atom. The van der Waals surface area contributed by atoms with Crippen molar-refractivity contribution in [3.8, 4) is 0 Å². The van der Waals surface area contributed by atoms with E-state index in [4.69, 9.17) is 24.8 Å². The second-order valence-corrected chi connectivity index (χ2v) is 6.20. The zero-order valence-electron chi connectivity index (χ0n) is 4.54. The van der Waals surface area contributed by atoms with E-state index in [2.05, 4.69) is 0 Å². The molecule has 1 heterocycles. The minimum Gasteiger partial charge on any atom is -0.426 e. The molecule has 0 atom stereocenters. The molecule has 0 N–H and O–H groups in total. The molecule has 50 valence electrons. The highest BCUT2D eigenvalue weighted by Crippen LogP contribution is 2.31. The summed E-state index contributed by atoms with van der Waals surface area (Å²) in [5.41, 5.74) is 0. The summed E-state index contributed by atoms with van der Waals surface area (Å²) in [7, 11) is 0. The van der Waals surface area contributed by atoms with Gasteiger partial charge in [-0.05, 0) is 6.26 Å². The van der Waals surface area contributed by atoms with Crippen LogP contribution in [0.4, 0.5) is 0 Å². The van der Waals surface area contributed by atoms with Gasteiger partial charge < -0.3 is 24.0 Å². The molecule has 0 nitrogen and oxygen atoms in total. The Bertz CT molecular complexity index is 244. The predicted octanol–water partition coefficient (Wildman–Crippen LogP) is 3.17. The van der Waals surface area contributed by atoms with Gasteiger partial charge in [-0.25, -0.2) is 0 Å². The fourth-order valence-corrected chi connectivity index (χ4v) is 4.65. The molecule has 1 rings (SSSR count). The molecule has 9 heavy (non-hydrogen) atoms. The summed E-state index contributed by atoms with van der Waals surface area (Å²) in [6.45, 7) is 0. The van der Waals surface area contributed by atoms with Gasteiger partial charge in [-0.2, -0.15) is 0 Å². The van der Waals surface area contributed by atoms with Gasteiger partial charge in [0.05, 0.1) is 3.14 Å². The Labute approximate surface area is 76.7 Å². The summed E-state index contributed by atoms with van der Waals surface area (Å²) in [5, 5.41) is 0. The molecule has 0 aromatic carbocycles. The van der Waals surface area contributed by atoms with Crippen LogP contribution >= 0.6 is 46.7 Å². The van der Waals surface area contributed by atoms with Gasteiger partial charge in [0, 0.05) is 4.21 Å². The van der Waals surface area contributed by atoms with E-state index in [9.17, 15) is 0 Å². The number of hydrogen-bond donors (Lipinski definition) is 0. The van der Waals surface area contributed by atoms with Crippen molar-refractivity contribution in [2.45, 2.75) is 8.42 Å². The third kappa shape index (κ3) is 1.88. The van der Waals surface area contributed by atoms with Gasteiger partial charge in [0.15, 0.2) is 0 Å². The molecular weight excluding hydrogens is 208 g/mol. The highest BCUT2D eigenvalue weighted by atomic mass is 32.2. The van der Waals surface area contributed by atoms with E-state index >= 15 is 0 Å². The van der Waals surface area contributed by atoms with Crippen LogP contribution in [0.3, 0.4) is 0 Å². The molecule has 0 unspecified atom stereocenters. The van der Waals surface area contributed by atoms with Crippen molar-refractivity contribution in [1.29, 1.82) is 0 Å². The quantitative estimate of drug-likeness (QED) is 0.398. The normalized spacial score (nSPS) is 9.89. The van der Waals surface area contributed by atoms with Crippen LogP contribution in [-0.4, -0.2) is 6.26 Å². The maximum absolute atomic E-state index is 5.01. The largest absolute Gasteiger partial charge is 0.426 e. The second kappa shape index (κ2) is 3.30. The summed E-state index contributed by atoms with van der Waals surface area (Å²) < 4.78 is 3.06. The van der Waals surface area contributed by atoms with Crippen molar-refractivity contribution >= 4 is 59.3 Å². The van der Waals surface area contributed by atoms with Crippen molar-refractivity contribution < 1.29 is 0 Å². The Balaban J connectivity index is 3.16. The average molecular weight is 211 g/mol. The van der Waals surface area contributed by atoms with Crippen LogP contribution in [0.2, 0.25) is 0 Å². The molecule has 0 aliphatic heterocycles. The zero-order valence-corrected chi connectivity index (χ0v) is 8.62. The van der Waals surface area contributed by atoms with Crippen LogP contribution in [0.5, 0.6) is 0 Å². The molecule has 0 amide bonds. The molecule has 0 aliphatic rings. The summed E-state index contributed by atoms with van der Waals surface area (Å²) in [6.07, 6.45) is 2.02. The first kappa shape index (κ1) is 7.94. The standard InChI is InChI=1S/C4H4S5/c1-7-3-2(5)8-4(6)9-3/h5H,1H3/p-1. The van der Waals surface area contributed by atoms with Crippen molar-refractivity contribution in [3.05, 3.63) is 3.14 Å². The van der Waals surface area contributed by atoms with Crippen LogP contribution in [0.1, 0.15) is 0 Å². The van der Waals surface area contributed by atoms with E-state index in [0.29, 0.717) is 0 Å². The fourth-order valence-electron chi connectivity index (χ4n) is 0.381. The molecule has 0 saturated carbocycles. The van der Waals surface area contributed by atoms with Gasteiger partial charge in [-0.15, -0.1) is 23.1 Å². The van der Waals surface area contributed by atoms with E-state index in [1.54, 1.807) is 23.1 Å². The molecule has 0 fully saturated rings. The van der Waals surface area contributed by atoms with Crippen LogP contribution in [-0.2, 0) is 12.6 Å². The molecule has 0 radical (unpaired) electrons. The Kier molecular flexibility index (Phi) is 2.91. The third-order valence-corrected chi connectivity index (χ3v) is 5.11. The van der Waals surface area contributed by atoms with Crippen LogP contribution in [0.25, 0.3) is 0 Å². The molecule has 5 heteroatoms. The summed E-state index contributed by atoms with van der Waals surface area (Å²) in [6, 6.07) is 0. The fraction of sp³-hybridized carbons (Fsp3) is 0.250. The summed E-state index contributed by atoms with van der Waals surface area (Å²) in [5.74, 6) is 0. The molecular formula is C4H3S5-. The SMILES string of the molecule is CSc1sc(=S)sc1[S-]. The van der Waals surface area contributed by atoms with Crippen molar-refractivity contribution in [3.63, 3.8) is 0 Å². The summed E-state index contributed by atoms with van der Waals surface area (Å²) >= 11 is 14.8. The second-order valence-electron chi connectivity index (χ2n) is 1.23. The van der Waals surface area contributed by atoms with Gasteiger partial charge in [0.2, 0.25) is 0 Å². The first-order valence-corrected chi connectivity index (χ1v) is 5.76. The lowest BCUT2D eigenvalue weighted by Gasteiger charge is -1.94. The van der Waals surface area contributed by atoms with E-state index in [0.717, 1.165) is 7.35 Å². The number of rotatable bonds is 1. The van der Waals surface area contributed by atoms with Crippen molar-refractivity contribution in [1.82, 2.24) is 0 Å². The minimum atomic E-state index is 0.935. The van der Waals surface area contributed by atoms with Crippen LogP contribution in [0, 0.1) is 3.14 Å². The van der Waals surface area contributed by atoms with Crippen LogP contribution < -0.4 is 0 Å². The van der Waals surface area contributed by atoms with E-state index in [-0.39, 0.29) is 0 Å². The minimum absolute atomic E-state index is 0.935. The predicted molar refractivity (Wildman–Crippen MR) is 50.4 cm³/mol. The average Bonchev–Trinajstić information content (AvgIpc) is 2.10. The van der Waals surface area contributed by atoms with Crippen molar-refractivity contribution in [2.24, 2.45) is 0 Å². The van der Waals surface area contributed by atoms with E-state index in [1.165, 1.54) is 15.5 Å². The molecule has 1 aromatic rings. The van der Waals surface area contributed by atoms with Gasteiger partial charge in [0.25, 0.3) is 0 Å². The van der Waals surface area contributed by atoms with Gasteiger partial charge in [-0.3, -0.25) is 0 Å². The lowest BCUT2D eigenvalue weighted by molar-refractivity contribution is 1.55. The molecule has 0 bridgehead atoms. The molecule has 0 aliphatic carbocycles. The highest BCUT2D eigenvalue weighted by molar-refractivity contribution is 8.01.